The molecule has 0 spiro atoms. The second kappa shape index (κ2) is 2.09. The summed E-state index contributed by atoms with van der Waals surface area (Å²) in [4.78, 5) is 0. The molecule has 2 aliphatic rings. The lowest BCUT2D eigenvalue weighted by Gasteiger charge is -2.18. The van der Waals surface area contributed by atoms with E-state index in [1.54, 1.807) is 5.57 Å². The van der Waals surface area contributed by atoms with E-state index in [-0.39, 0.29) is 0 Å². The van der Waals surface area contributed by atoms with Crippen LogP contribution in [0.4, 0.5) is 0 Å². The van der Waals surface area contributed by atoms with Gasteiger partial charge in [-0.15, -0.1) is 0 Å². The zero-order valence-corrected chi connectivity index (χ0v) is 6.52. The van der Waals surface area contributed by atoms with E-state index in [1.807, 2.05) is 0 Å². The van der Waals surface area contributed by atoms with Crippen LogP contribution in [0.15, 0.2) is 11.6 Å². The van der Waals surface area contributed by atoms with Crippen molar-refractivity contribution in [2.45, 2.75) is 26.2 Å². The van der Waals surface area contributed by atoms with Gasteiger partial charge in [-0.1, -0.05) is 13.0 Å². The molecule has 1 heteroatoms. The van der Waals surface area contributed by atoms with Gasteiger partial charge in [0.25, 0.3) is 0 Å². The minimum absolute atomic E-state index is 0.556. The van der Waals surface area contributed by atoms with Crippen LogP contribution in [0.25, 0.3) is 0 Å². The summed E-state index contributed by atoms with van der Waals surface area (Å²) in [6.45, 7) is 4.17. The van der Waals surface area contributed by atoms with Gasteiger partial charge in [0, 0.05) is 0 Å². The lowest BCUT2D eigenvalue weighted by molar-refractivity contribution is 0.142. The minimum Gasteiger partial charge on any atom is -0.377 e. The quantitative estimate of drug-likeness (QED) is 0.504. The molecule has 0 bridgehead atoms. The predicted molar refractivity (Wildman–Crippen MR) is 40.9 cm³/mol. The highest BCUT2D eigenvalue weighted by molar-refractivity contribution is 5.21. The molecule has 0 N–H and O–H groups in total. The summed E-state index contributed by atoms with van der Waals surface area (Å²) >= 11 is 0. The second-order valence-electron chi connectivity index (χ2n) is 3.63. The Bertz CT molecular complexity index is 166. The van der Waals surface area contributed by atoms with Gasteiger partial charge in [0.15, 0.2) is 0 Å². The summed E-state index contributed by atoms with van der Waals surface area (Å²) in [6.07, 6.45) is 6.26. The highest BCUT2D eigenvalue weighted by Crippen LogP contribution is 2.51. The maximum absolute atomic E-state index is 5.38. The van der Waals surface area contributed by atoms with Crippen molar-refractivity contribution >= 4 is 0 Å². The van der Waals surface area contributed by atoms with Crippen molar-refractivity contribution in [3.8, 4) is 0 Å². The number of ether oxygens (including phenoxy) is 1. The Morgan fingerprint density at radius 3 is 2.80 bits per heavy atom. The van der Waals surface area contributed by atoms with Crippen molar-refractivity contribution in [3.05, 3.63) is 11.6 Å². The maximum Gasteiger partial charge on any atom is 0.0682 e. The summed E-state index contributed by atoms with van der Waals surface area (Å²) in [7, 11) is 0. The van der Waals surface area contributed by atoms with Gasteiger partial charge < -0.3 is 4.74 Å². The third-order valence-corrected chi connectivity index (χ3v) is 2.69. The summed E-state index contributed by atoms with van der Waals surface area (Å²) in [5.41, 5.74) is 2.11. The first-order chi connectivity index (χ1) is 4.81. The summed E-state index contributed by atoms with van der Waals surface area (Å²) in [5, 5.41) is 0. The summed E-state index contributed by atoms with van der Waals surface area (Å²) in [5.74, 6) is 0. The van der Waals surface area contributed by atoms with Crippen LogP contribution in [0.1, 0.15) is 26.2 Å². The summed E-state index contributed by atoms with van der Waals surface area (Å²) < 4.78 is 5.38. The third-order valence-electron chi connectivity index (χ3n) is 2.69. The highest BCUT2D eigenvalue weighted by atomic mass is 16.5. The van der Waals surface area contributed by atoms with E-state index in [4.69, 9.17) is 4.74 Å². The molecule has 0 aromatic heterocycles. The van der Waals surface area contributed by atoms with Crippen molar-refractivity contribution in [3.63, 3.8) is 0 Å². The molecule has 0 radical (unpaired) electrons. The SMILES string of the molecule is CC1(C2=CCCOC2)CC1. The average Bonchev–Trinajstić information content (AvgIpc) is 2.72. The number of hydrogen-bond acceptors (Lipinski definition) is 1. The molecule has 1 nitrogen and oxygen atoms in total. The smallest absolute Gasteiger partial charge is 0.0682 e. The maximum atomic E-state index is 5.38. The lowest BCUT2D eigenvalue weighted by Crippen LogP contribution is -2.12. The predicted octanol–water partition coefficient (Wildman–Crippen LogP) is 2.13. The normalized spacial score (nSPS) is 29.5. The van der Waals surface area contributed by atoms with E-state index in [9.17, 15) is 0 Å². The van der Waals surface area contributed by atoms with Gasteiger partial charge in [-0.05, 0) is 30.3 Å². The summed E-state index contributed by atoms with van der Waals surface area (Å²) in [6, 6.07) is 0. The van der Waals surface area contributed by atoms with Gasteiger partial charge in [-0.2, -0.15) is 0 Å². The Balaban J connectivity index is 2.08. The number of hydrogen-bond donors (Lipinski definition) is 0. The molecule has 1 saturated carbocycles. The van der Waals surface area contributed by atoms with Crippen LogP contribution in [0.5, 0.6) is 0 Å². The average molecular weight is 138 g/mol. The molecule has 0 aromatic rings. The molecule has 10 heavy (non-hydrogen) atoms. The second-order valence-corrected chi connectivity index (χ2v) is 3.63. The molecule has 1 heterocycles. The first-order valence-electron chi connectivity index (χ1n) is 4.08. The topological polar surface area (TPSA) is 9.23 Å². The fraction of sp³-hybridized carbons (Fsp3) is 0.778. The molecule has 1 aliphatic carbocycles. The number of rotatable bonds is 1. The van der Waals surface area contributed by atoms with E-state index < -0.39 is 0 Å². The van der Waals surface area contributed by atoms with Crippen LogP contribution >= 0.6 is 0 Å². The van der Waals surface area contributed by atoms with Gasteiger partial charge in [0.2, 0.25) is 0 Å². The Morgan fingerprint density at radius 2 is 2.30 bits per heavy atom. The molecule has 0 saturated heterocycles. The molecule has 0 aromatic carbocycles. The molecular formula is C9H14O. The van der Waals surface area contributed by atoms with Crippen LogP contribution in [-0.2, 0) is 4.74 Å². The Hall–Kier alpha value is -0.300. The lowest BCUT2D eigenvalue weighted by atomic mass is 9.97. The fourth-order valence-electron chi connectivity index (χ4n) is 1.49. The molecule has 1 fully saturated rings. The fourth-order valence-corrected chi connectivity index (χ4v) is 1.49. The van der Waals surface area contributed by atoms with Gasteiger partial charge in [-0.3, -0.25) is 0 Å². The van der Waals surface area contributed by atoms with Crippen LogP contribution in [-0.4, -0.2) is 13.2 Å². The van der Waals surface area contributed by atoms with Crippen LogP contribution in [0.2, 0.25) is 0 Å². The molecule has 2 rings (SSSR count). The van der Waals surface area contributed by atoms with Crippen molar-refractivity contribution in [2.75, 3.05) is 13.2 Å². The van der Waals surface area contributed by atoms with Gasteiger partial charge in [-0.25, -0.2) is 0 Å². The molecule has 0 amide bonds. The standard InChI is InChI=1S/C9H14O/c1-9(4-5-9)8-3-2-6-10-7-8/h3H,2,4-7H2,1H3. The van der Waals surface area contributed by atoms with Gasteiger partial charge in [0.05, 0.1) is 13.2 Å². The third kappa shape index (κ3) is 0.988. The zero-order chi connectivity index (χ0) is 7.03. The van der Waals surface area contributed by atoms with E-state index >= 15 is 0 Å². The molecule has 1 aliphatic heterocycles. The van der Waals surface area contributed by atoms with Crippen molar-refractivity contribution in [1.29, 1.82) is 0 Å². The van der Waals surface area contributed by atoms with Crippen LogP contribution in [0, 0.1) is 5.41 Å². The Labute approximate surface area is 62.1 Å². The molecule has 0 unspecified atom stereocenters. The van der Waals surface area contributed by atoms with Crippen molar-refractivity contribution in [1.82, 2.24) is 0 Å². The largest absolute Gasteiger partial charge is 0.377 e. The molecule has 56 valence electrons. The van der Waals surface area contributed by atoms with E-state index in [0.717, 1.165) is 19.6 Å². The zero-order valence-electron chi connectivity index (χ0n) is 6.52. The van der Waals surface area contributed by atoms with E-state index in [1.165, 1.54) is 12.8 Å². The molecule has 0 atom stereocenters. The van der Waals surface area contributed by atoms with E-state index in [2.05, 4.69) is 13.0 Å². The highest BCUT2D eigenvalue weighted by Gasteiger charge is 2.40. The van der Waals surface area contributed by atoms with Gasteiger partial charge >= 0.3 is 0 Å². The first-order valence-corrected chi connectivity index (χ1v) is 4.08. The Kier molecular flexibility index (Phi) is 1.34. The monoisotopic (exact) mass is 138 g/mol. The van der Waals surface area contributed by atoms with Gasteiger partial charge in [0.1, 0.15) is 0 Å². The van der Waals surface area contributed by atoms with Crippen LogP contribution < -0.4 is 0 Å². The Morgan fingerprint density at radius 1 is 1.50 bits per heavy atom. The minimum atomic E-state index is 0.556. The van der Waals surface area contributed by atoms with E-state index in [0.29, 0.717) is 5.41 Å². The van der Waals surface area contributed by atoms with Crippen molar-refractivity contribution in [2.24, 2.45) is 5.41 Å². The first kappa shape index (κ1) is 6.41. The van der Waals surface area contributed by atoms with Crippen LogP contribution in [0.3, 0.4) is 0 Å². The van der Waals surface area contributed by atoms with Crippen molar-refractivity contribution < 1.29 is 4.74 Å². The molecular weight excluding hydrogens is 124 g/mol.